The number of carbonyl (C=O) groups excluding carboxylic acids is 4. The van der Waals surface area contributed by atoms with E-state index in [1.54, 1.807) is 20.8 Å². The second-order valence-electron chi connectivity index (χ2n) is 7.30. The maximum Gasteiger partial charge on any atom is 0.355 e. The molecule has 1 aromatic rings. The Morgan fingerprint density at radius 2 is 1.75 bits per heavy atom. The molecule has 3 rings (SSSR count). The lowest BCUT2D eigenvalue weighted by atomic mass is 9.99. The quantitative estimate of drug-likeness (QED) is 0.626. The van der Waals surface area contributed by atoms with Crippen molar-refractivity contribution < 1.29 is 28.7 Å². The molecular formula is C23H26N2O6S. The van der Waals surface area contributed by atoms with E-state index in [-0.39, 0.29) is 43.2 Å². The van der Waals surface area contributed by atoms with E-state index in [4.69, 9.17) is 9.47 Å². The van der Waals surface area contributed by atoms with Crippen molar-refractivity contribution in [3.8, 4) is 0 Å². The average Bonchev–Trinajstić information content (AvgIpc) is 2.76. The summed E-state index contributed by atoms with van der Waals surface area (Å²) in [5.41, 5.74) is 1.81. The molecule has 8 nitrogen and oxygen atoms in total. The predicted octanol–water partition coefficient (Wildman–Crippen LogP) is 2.30. The summed E-state index contributed by atoms with van der Waals surface area (Å²) < 4.78 is 10.4. The summed E-state index contributed by atoms with van der Waals surface area (Å²) in [6, 6.07) is 8.13. The molecular weight excluding hydrogens is 432 g/mol. The summed E-state index contributed by atoms with van der Waals surface area (Å²) in [4.78, 5) is 52.6. The predicted molar refractivity (Wildman–Crippen MR) is 119 cm³/mol. The van der Waals surface area contributed by atoms with Gasteiger partial charge in [-0.2, -0.15) is 0 Å². The van der Waals surface area contributed by atoms with Crippen LogP contribution in [0.4, 0.5) is 0 Å². The van der Waals surface area contributed by atoms with E-state index < -0.39 is 23.9 Å². The van der Waals surface area contributed by atoms with Gasteiger partial charge in [0, 0.05) is 12.2 Å². The SMILES string of the molecule is CCOC(=O)C1=C2SCC(C)=C(C(=O)OCC)N2C(=O)C(NC(=O)Cc2ccccc2)C1. The van der Waals surface area contributed by atoms with E-state index in [0.717, 1.165) is 5.56 Å². The lowest BCUT2D eigenvalue weighted by Crippen LogP contribution is -2.53. The third kappa shape index (κ3) is 5.04. The number of esters is 2. The molecule has 1 aromatic carbocycles. The first kappa shape index (κ1) is 23.6. The molecule has 2 amide bonds. The van der Waals surface area contributed by atoms with Crippen LogP contribution in [0.2, 0.25) is 0 Å². The molecule has 0 bridgehead atoms. The van der Waals surface area contributed by atoms with E-state index in [9.17, 15) is 19.2 Å². The fourth-order valence-electron chi connectivity index (χ4n) is 3.56. The van der Waals surface area contributed by atoms with Crippen LogP contribution in [0.5, 0.6) is 0 Å². The van der Waals surface area contributed by atoms with Gasteiger partial charge in [0.1, 0.15) is 11.7 Å². The third-order valence-corrected chi connectivity index (χ3v) is 6.25. The number of thioether (sulfide) groups is 1. The first-order valence-electron chi connectivity index (χ1n) is 10.4. The molecule has 1 atom stereocenters. The van der Waals surface area contributed by atoms with Gasteiger partial charge in [-0.05, 0) is 31.9 Å². The lowest BCUT2D eigenvalue weighted by molar-refractivity contribution is -0.145. The van der Waals surface area contributed by atoms with Crippen LogP contribution in [0.25, 0.3) is 0 Å². The summed E-state index contributed by atoms with van der Waals surface area (Å²) in [5, 5.41) is 3.08. The zero-order chi connectivity index (χ0) is 23.3. The van der Waals surface area contributed by atoms with Crippen molar-refractivity contribution in [2.24, 2.45) is 0 Å². The molecule has 2 aliphatic rings. The number of amides is 2. The molecule has 0 saturated carbocycles. The Hall–Kier alpha value is -3.07. The maximum atomic E-state index is 13.4. The monoisotopic (exact) mass is 458 g/mol. The number of benzene rings is 1. The summed E-state index contributed by atoms with van der Waals surface area (Å²) in [6.45, 7) is 5.42. The van der Waals surface area contributed by atoms with Crippen molar-refractivity contribution >= 4 is 35.5 Å². The van der Waals surface area contributed by atoms with Gasteiger partial charge in [0.15, 0.2) is 0 Å². The number of hydrogen-bond donors (Lipinski definition) is 1. The molecule has 0 fully saturated rings. The minimum absolute atomic E-state index is 0.00776. The fraction of sp³-hybridized carbons (Fsp3) is 0.391. The Bertz CT molecular complexity index is 985. The standard InChI is InChI=1S/C23H26N2O6S/c1-4-30-22(28)16-12-17(24-18(26)11-15-9-7-6-8-10-15)20(27)25-19(23(29)31-5-2)14(3)13-32-21(16)25/h6-10,17H,4-5,11-13H2,1-3H3,(H,24,26). The second kappa shape index (κ2) is 10.5. The second-order valence-corrected chi connectivity index (χ2v) is 8.27. The fourth-order valence-corrected chi connectivity index (χ4v) is 4.70. The Balaban J connectivity index is 1.94. The van der Waals surface area contributed by atoms with Gasteiger partial charge >= 0.3 is 11.9 Å². The smallest absolute Gasteiger partial charge is 0.355 e. The molecule has 0 aromatic heterocycles. The highest BCUT2D eigenvalue weighted by atomic mass is 32.2. The zero-order valence-corrected chi connectivity index (χ0v) is 19.1. The van der Waals surface area contributed by atoms with Crippen LogP contribution in [-0.4, -0.2) is 53.7 Å². The van der Waals surface area contributed by atoms with Crippen molar-refractivity contribution in [3.63, 3.8) is 0 Å². The Kier molecular flexibility index (Phi) is 7.74. The van der Waals surface area contributed by atoms with Crippen LogP contribution in [-0.2, 0) is 35.1 Å². The molecule has 9 heteroatoms. The van der Waals surface area contributed by atoms with E-state index in [1.165, 1.54) is 16.7 Å². The Morgan fingerprint density at radius 1 is 1.09 bits per heavy atom. The van der Waals surface area contributed by atoms with Crippen molar-refractivity contribution in [2.45, 2.75) is 39.7 Å². The summed E-state index contributed by atoms with van der Waals surface area (Å²) in [6.07, 6.45) is 0.0798. The van der Waals surface area contributed by atoms with E-state index >= 15 is 0 Å². The molecule has 1 unspecified atom stereocenters. The molecule has 0 spiro atoms. The minimum atomic E-state index is -1.01. The van der Waals surface area contributed by atoms with Crippen LogP contribution in [0.3, 0.4) is 0 Å². The van der Waals surface area contributed by atoms with Crippen molar-refractivity contribution in [1.82, 2.24) is 10.2 Å². The third-order valence-electron chi connectivity index (χ3n) is 4.97. The lowest BCUT2D eigenvalue weighted by Gasteiger charge is -2.38. The van der Waals surface area contributed by atoms with Crippen molar-refractivity contribution in [1.29, 1.82) is 0 Å². The summed E-state index contributed by atoms with van der Waals surface area (Å²) in [5.74, 6) is -1.62. The molecule has 0 aliphatic carbocycles. The van der Waals surface area contributed by atoms with Gasteiger partial charge in [-0.1, -0.05) is 30.3 Å². The Labute approximate surface area is 191 Å². The molecule has 32 heavy (non-hydrogen) atoms. The highest BCUT2D eigenvalue weighted by molar-refractivity contribution is 8.03. The topological polar surface area (TPSA) is 102 Å². The number of nitrogens with one attached hydrogen (secondary N) is 1. The van der Waals surface area contributed by atoms with Crippen LogP contribution in [0.15, 0.2) is 52.2 Å². The van der Waals surface area contributed by atoms with Crippen molar-refractivity contribution in [2.75, 3.05) is 19.0 Å². The number of fused-ring (bicyclic) bond motifs is 1. The molecule has 2 aliphatic heterocycles. The van der Waals surface area contributed by atoms with E-state index in [2.05, 4.69) is 5.32 Å². The van der Waals surface area contributed by atoms with Gasteiger partial charge in [0.2, 0.25) is 5.91 Å². The summed E-state index contributed by atoms with van der Waals surface area (Å²) >= 11 is 1.29. The highest BCUT2D eigenvalue weighted by Gasteiger charge is 2.44. The molecule has 1 N–H and O–H groups in total. The molecule has 170 valence electrons. The average molecular weight is 459 g/mol. The van der Waals surface area contributed by atoms with Gasteiger partial charge in [0.05, 0.1) is 30.2 Å². The molecule has 0 radical (unpaired) electrons. The maximum absolute atomic E-state index is 13.4. The minimum Gasteiger partial charge on any atom is -0.463 e. The van der Waals surface area contributed by atoms with Gasteiger partial charge in [0.25, 0.3) is 5.91 Å². The molecule has 0 saturated heterocycles. The van der Waals surface area contributed by atoms with Crippen LogP contribution in [0, 0.1) is 0 Å². The van der Waals surface area contributed by atoms with Gasteiger partial charge in [-0.25, -0.2) is 9.59 Å². The first-order valence-corrected chi connectivity index (χ1v) is 11.4. The number of hydrogen-bond acceptors (Lipinski definition) is 7. The van der Waals surface area contributed by atoms with Crippen LogP contribution < -0.4 is 5.32 Å². The first-order chi connectivity index (χ1) is 15.4. The van der Waals surface area contributed by atoms with Crippen LogP contribution >= 0.6 is 11.8 Å². The number of nitrogens with zero attached hydrogens (tertiary/aromatic N) is 1. The van der Waals surface area contributed by atoms with Crippen LogP contribution in [0.1, 0.15) is 32.8 Å². The molecule has 2 heterocycles. The highest BCUT2D eigenvalue weighted by Crippen LogP contribution is 2.41. The van der Waals surface area contributed by atoms with Crippen molar-refractivity contribution in [3.05, 3.63) is 57.8 Å². The Morgan fingerprint density at radius 3 is 2.41 bits per heavy atom. The summed E-state index contributed by atoms with van der Waals surface area (Å²) in [7, 11) is 0. The number of carbonyl (C=O) groups is 4. The van der Waals surface area contributed by atoms with E-state index in [0.29, 0.717) is 16.4 Å². The van der Waals surface area contributed by atoms with Gasteiger partial charge in [-0.3, -0.25) is 14.5 Å². The van der Waals surface area contributed by atoms with Gasteiger partial charge < -0.3 is 14.8 Å². The zero-order valence-electron chi connectivity index (χ0n) is 18.3. The van der Waals surface area contributed by atoms with Gasteiger partial charge in [-0.15, -0.1) is 11.8 Å². The largest absolute Gasteiger partial charge is 0.463 e. The number of rotatable bonds is 7. The van der Waals surface area contributed by atoms with E-state index in [1.807, 2.05) is 30.3 Å². The normalized spacial score (nSPS) is 18.3. The number of ether oxygens (including phenoxy) is 2.